The molecule has 0 heterocycles. The predicted molar refractivity (Wildman–Crippen MR) is 81.2 cm³/mol. The topological polar surface area (TPSA) is 46.1 Å². The molecule has 0 aromatic heterocycles. The van der Waals surface area contributed by atoms with Gasteiger partial charge in [-0.05, 0) is 43.2 Å². The van der Waals surface area contributed by atoms with E-state index < -0.39 is 0 Å². The van der Waals surface area contributed by atoms with E-state index in [0.29, 0.717) is 0 Å². The Morgan fingerprint density at radius 3 is 1.81 bits per heavy atom. The maximum atomic E-state index is 12.2. The maximum absolute atomic E-state index is 12.2. The first-order chi connectivity index (χ1) is 9.65. The van der Waals surface area contributed by atoms with E-state index in [0.717, 1.165) is 56.1 Å². The molecule has 0 spiro atoms. The normalized spacial score (nSPS) is 10.4. The first-order valence-electron chi connectivity index (χ1n) is 8.17. The zero-order chi connectivity index (χ0) is 15.0. The Balaban J connectivity index is 0.00000400. The van der Waals surface area contributed by atoms with Crippen molar-refractivity contribution in [1.29, 1.82) is 0 Å². The molecule has 0 atom stereocenters. The Labute approximate surface area is 139 Å². The minimum absolute atomic E-state index is 0. The van der Waals surface area contributed by atoms with Gasteiger partial charge in [-0.3, -0.25) is 0 Å². The van der Waals surface area contributed by atoms with Gasteiger partial charge in [0, 0.05) is 0 Å². The average Bonchev–Trinajstić information content (AvgIpc) is 2.45. The van der Waals surface area contributed by atoms with Gasteiger partial charge in [0.2, 0.25) is 0 Å². The van der Waals surface area contributed by atoms with E-state index in [1.807, 2.05) is 0 Å². The summed E-state index contributed by atoms with van der Waals surface area (Å²) < 4.78 is 0. The van der Waals surface area contributed by atoms with Crippen molar-refractivity contribution in [3.63, 3.8) is 0 Å². The van der Waals surface area contributed by atoms with Crippen molar-refractivity contribution in [2.45, 2.75) is 78.6 Å². The van der Waals surface area contributed by atoms with Crippen LogP contribution >= 0.6 is 0 Å². The second kappa shape index (κ2) is 11.0. The van der Waals surface area contributed by atoms with Crippen molar-refractivity contribution in [3.8, 4) is 11.5 Å². The van der Waals surface area contributed by atoms with Gasteiger partial charge in [0.15, 0.2) is 0 Å². The second-order valence-electron chi connectivity index (χ2n) is 5.59. The molecule has 1 aromatic carbocycles. The number of rotatable bonds is 9. The van der Waals surface area contributed by atoms with Crippen molar-refractivity contribution in [3.05, 3.63) is 22.8 Å². The molecule has 0 amide bonds. The summed E-state index contributed by atoms with van der Waals surface area (Å²) in [6.07, 6.45) is 9.32. The molecule has 122 valence electrons. The summed E-state index contributed by atoms with van der Waals surface area (Å²) >= 11 is 0. The number of aryl methyl sites for hydroxylation is 1. The molecular weight excluding hydrogens is 307 g/mol. The van der Waals surface area contributed by atoms with Crippen LogP contribution in [0.2, 0.25) is 0 Å². The molecule has 0 aliphatic heterocycles. The summed E-state index contributed by atoms with van der Waals surface area (Å²) in [5.41, 5.74) is 3.10. The molecule has 0 saturated heterocycles. The Hall–Kier alpha value is -0.686. The van der Waals surface area contributed by atoms with E-state index in [-0.39, 0.29) is 28.0 Å². The molecule has 0 saturated carbocycles. The minimum atomic E-state index is -0.312. The van der Waals surface area contributed by atoms with Crippen LogP contribution in [0.15, 0.2) is 6.07 Å². The zero-order valence-electron chi connectivity index (χ0n) is 13.6. The molecule has 0 N–H and O–H groups in total. The average molecular weight is 335 g/mol. The SMILES string of the molecule is CCCCCc1c(CC)cc([O-])c([O-])c1CCCCC.[Ni+2]. The van der Waals surface area contributed by atoms with Crippen LogP contribution in [0.1, 0.15) is 76.0 Å². The summed E-state index contributed by atoms with van der Waals surface area (Å²) in [5.74, 6) is -0.558. The molecule has 0 aliphatic rings. The quantitative estimate of drug-likeness (QED) is 0.508. The van der Waals surface area contributed by atoms with Crippen LogP contribution in [0.4, 0.5) is 0 Å². The van der Waals surface area contributed by atoms with Crippen molar-refractivity contribution >= 4 is 0 Å². The molecular formula is C18H28NiO2. The molecule has 3 heteroatoms. The zero-order valence-corrected chi connectivity index (χ0v) is 14.6. The Morgan fingerprint density at radius 1 is 0.810 bits per heavy atom. The van der Waals surface area contributed by atoms with Crippen LogP contribution in [0, 0.1) is 0 Å². The van der Waals surface area contributed by atoms with Gasteiger partial charge in [0.1, 0.15) is 0 Å². The predicted octanol–water partition coefficient (Wildman–Crippen LogP) is 3.86. The molecule has 1 rings (SSSR count). The molecule has 2 nitrogen and oxygen atoms in total. The second-order valence-corrected chi connectivity index (χ2v) is 5.59. The van der Waals surface area contributed by atoms with E-state index >= 15 is 0 Å². The monoisotopic (exact) mass is 334 g/mol. The van der Waals surface area contributed by atoms with E-state index in [2.05, 4.69) is 20.8 Å². The summed E-state index contributed by atoms with van der Waals surface area (Å²) in [6, 6.07) is 1.58. The fraction of sp³-hybridized carbons (Fsp3) is 0.667. The molecule has 1 aromatic rings. The van der Waals surface area contributed by atoms with Gasteiger partial charge < -0.3 is 10.2 Å². The molecule has 21 heavy (non-hydrogen) atoms. The fourth-order valence-electron chi connectivity index (χ4n) is 2.79. The van der Waals surface area contributed by atoms with Crippen molar-refractivity contribution in [2.75, 3.05) is 0 Å². The Morgan fingerprint density at radius 2 is 1.33 bits per heavy atom. The third-order valence-corrected chi connectivity index (χ3v) is 4.00. The number of hydrogen-bond acceptors (Lipinski definition) is 2. The third-order valence-electron chi connectivity index (χ3n) is 4.00. The van der Waals surface area contributed by atoms with Crippen molar-refractivity contribution in [2.24, 2.45) is 0 Å². The number of benzene rings is 1. The van der Waals surface area contributed by atoms with Crippen LogP contribution in [0.3, 0.4) is 0 Å². The first kappa shape index (κ1) is 20.3. The summed E-state index contributed by atoms with van der Waals surface area (Å²) in [4.78, 5) is 0. The standard InChI is InChI=1S/C18H30O2.Ni/c1-4-7-9-11-15-14(6-3)13-17(19)18(20)16(15)12-10-8-5-2;/h13,19-20H,4-12H2,1-3H3;/q;+2/p-2. The Kier molecular flexibility index (Phi) is 10.6. The van der Waals surface area contributed by atoms with Gasteiger partial charge in [-0.2, -0.15) is 0 Å². The van der Waals surface area contributed by atoms with Crippen LogP contribution < -0.4 is 10.2 Å². The van der Waals surface area contributed by atoms with Crippen molar-refractivity contribution < 1.29 is 26.7 Å². The summed E-state index contributed by atoms with van der Waals surface area (Å²) in [6.45, 7) is 6.41. The molecule has 0 radical (unpaired) electrons. The van der Waals surface area contributed by atoms with E-state index in [1.54, 1.807) is 6.07 Å². The number of hydrogen-bond donors (Lipinski definition) is 0. The smallest absolute Gasteiger partial charge is 0.873 e. The van der Waals surface area contributed by atoms with Crippen LogP contribution in [-0.4, -0.2) is 0 Å². The minimum Gasteiger partial charge on any atom is -0.873 e. The van der Waals surface area contributed by atoms with Crippen LogP contribution in [0.25, 0.3) is 0 Å². The fourth-order valence-corrected chi connectivity index (χ4v) is 2.79. The third kappa shape index (κ3) is 5.90. The van der Waals surface area contributed by atoms with Gasteiger partial charge in [-0.1, -0.05) is 58.1 Å². The van der Waals surface area contributed by atoms with Crippen molar-refractivity contribution in [1.82, 2.24) is 0 Å². The van der Waals surface area contributed by atoms with Gasteiger partial charge in [0.25, 0.3) is 0 Å². The van der Waals surface area contributed by atoms with E-state index in [1.165, 1.54) is 18.4 Å². The Bertz CT molecular complexity index is 416. The number of unbranched alkanes of at least 4 members (excludes halogenated alkanes) is 4. The van der Waals surface area contributed by atoms with Gasteiger partial charge in [0.05, 0.1) is 0 Å². The van der Waals surface area contributed by atoms with Crippen LogP contribution in [-0.2, 0) is 35.8 Å². The molecule has 0 fully saturated rings. The summed E-state index contributed by atoms with van der Waals surface area (Å²) in [7, 11) is 0. The largest absolute Gasteiger partial charge is 2.00 e. The molecule has 0 aliphatic carbocycles. The first-order valence-corrected chi connectivity index (χ1v) is 8.17. The maximum Gasteiger partial charge on any atom is 2.00 e. The van der Waals surface area contributed by atoms with Gasteiger partial charge in [-0.25, -0.2) is 0 Å². The van der Waals surface area contributed by atoms with Gasteiger partial charge in [-0.15, -0.1) is 11.5 Å². The van der Waals surface area contributed by atoms with Crippen LogP contribution in [0.5, 0.6) is 11.5 Å². The van der Waals surface area contributed by atoms with E-state index in [9.17, 15) is 10.2 Å². The summed E-state index contributed by atoms with van der Waals surface area (Å²) in [5, 5.41) is 24.0. The molecule has 0 unspecified atom stereocenters. The molecule has 0 bridgehead atoms. The van der Waals surface area contributed by atoms with Gasteiger partial charge >= 0.3 is 16.5 Å². The van der Waals surface area contributed by atoms with E-state index in [4.69, 9.17) is 0 Å².